The van der Waals surface area contributed by atoms with Crippen LogP contribution < -0.4 is 20.1 Å². The van der Waals surface area contributed by atoms with E-state index in [1.807, 2.05) is 6.92 Å². The molecule has 142 valence electrons. The van der Waals surface area contributed by atoms with Gasteiger partial charge in [-0.15, -0.1) is 0 Å². The molecule has 0 saturated heterocycles. The van der Waals surface area contributed by atoms with E-state index in [-0.39, 0.29) is 23.3 Å². The molecule has 2 N–H and O–H groups in total. The van der Waals surface area contributed by atoms with Gasteiger partial charge in [-0.05, 0) is 30.5 Å². The van der Waals surface area contributed by atoms with Crippen LogP contribution in [0.1, 0.15) is 23.7 Å². The van der Waals surface area contributed by atoms with Crippen LogP contribution in [0.3, 0.4) is 0 Å². The Morgan fingerprint density at radius 3 is 2.37 bits per heavy atom. The van der Waals surface area contributed by atoms with Crippen LogP contribution >= 0.6 is 0 Å². The standard InChI is InChI=1S/C20H21FN2O4/c1-11-7-14(11)20(25)22-13-6-4-5-12(8-13)19(24)23-16-10-18(27-3)17(26-2)9-15(16)21/h4-6,8-11,14H,7H2,1-3H3,(H,22,25)(H,23,24). The van der Waals surface area contributed by atoms with Crippen LogP contribution in [0.4, 0.5) is 15.8 Å². The Labute approximate surface area is 156 Å². The summed E-state index contributed by atoms with van der Waals surface area (Å²) in [7, 11) is 2.83. The number of nitrogens with one attached hydrogen (secondary N) is 2. The first-order chi connectivity index (χ1) is 12.9. The molecule has 7 heteroatoms. The Bertz CT molecular complexity index is 884. The maximum Gasteiger partial charge on any atom is 0.255 e. The van der Waals surface area contributed by atoms with Gasteiger partial charge in [0.2, 0.25) is 5.91 Å². The van der Waals surface area contributed by atoms with E-state index in [0.29, 0.717) is 22.9 Å². The molecule has 0 heterocycles. The van der Waals surface area contributed by atoms with E-state index in [0.717, 1.165) is 12.5 Å². The van der Waals surface area contributed by atoms with Crippen LogP contribution in [-0.2, 0) is 4.79 Å². The van der Waals surface area contributed by atoms with Crippen molar-refractivity contribution in [3.05, 3.63) is 47.8 Å². The predicted molar refractivity (Wildman–Crippen MR) is 99.8 cm³/mol. The fourth-order valence-electron chi connectivity index (χ4n) is 2.81. The van der Waals surface area contributed by atoms with Gasteiger partial charge >= 0.3 is 0 Å². The van der Waals surface area contributed by atoms with E-state index in [1.165, 1.54) is 20.3 Å². The zero-order valence-corrected chi connectivity index (χ0v) is 15.3. The molecule has 1 aliphatic carbocycles. The highest BCUT2D eigenvalue weighted by Crippen LogP contribution is 2.38. The van der Waals surface area contributed by atoms with E-state index < -0.39 is 11.7 Å². The summed E-state index contributed by atoms with van der Waals surface area (Å²) in [6.07, 6.45) is 0.880. The Balaban J connectivity index is 1.75. The summed E-state index contributed by atoms with van der Waals surface area (Å²) in [6, 6.07) is 9.00. The molecule has 1 aliphatic rings. The smallest absolute Gasteiger partial charge is 0.255 e. The lowest BCUT2D eigenvalue weighted by Crippen LogP contribution is -2.16. The first kappa shape index (κ1) is 18.7. The van der Waals surface area contributed by atoms with Gasteiger partial charge in [0.15, 0.2) is 17.3 Å². The molecule has 0 spiro atoms. The molecule has 2 unspecified atom stereocenters. The van der Waals surface area contributed by atoms with Crippen LogP contribution in [0, 0.1) is 17.7 Å². The highest BCUT2D eigenvalue weighted by molar-refractivity contribution is 6.05. The van der Waals surface area contributed by atoms with Gasteiger partial charge in [0.1, 0.15) is 0 Å². The molecule has 3 rings (SSSR count). The Kier molecular flexibility index (Phi) is 5.30. The molecule has 0 aromatic heterocycles. The van der Waals surface area contributed by atoms with Crippen molar-refractivity contribution >= 4 is 23.2 Å². The average Bonchev–Trinajstić information content (AvgIpc) is 3.40. The van der Waals surface area contributed by atoms with Gasteiger partial charge in [-0.3, -0.25) is 9.59 Å². The van der Waals surface area contributed by atoms with Crippen molar-refractivity contribution in [2.24, 2.45) is 11.8 Å². The fraction of sp³-hybridized carbons (Fsp3) is 0.300. The number of carbonyl (C=O) groups is 2. The van der Waals surface area contributed by atoms with Crippen LogP contribution in [-0.4, -0.2) is 26.0 Å². The van der Waals surface area contributed by atoms with Crippen molar-refractivity contribution in [2.45, 2.75) is 13.3 Å². The summed E-state index contributed by atoms with van der Waals surface area (Å²) in [5, 5.41) is 5.32. The van der Waals surface area contributed by atoms with Crippen molar-refractivity contribution in [3.8, 4) is 11.5 Å². The number of halogens is 1. The fourth-order valence-corrected chi connectivity index (χ4v) is 2.81. The number of benzene rings is 2. The number of hydrogen-bond acceptors (Lipinski definition) is 4. The Hall–Kier alpha value is -3.09. The van der Waals surface area contributed by atoms with Crippen molar-refractivity contribution in [1.29, 1.82) is 0 Å². The average molecular weight is 372 g/mol. The molecule has 0 aliphatic heterocycles. The quantitative estimate of drug-likeness (QED) is 0.811. The summed E-state index contributed by atoms with van der Waals surface area (Å²) in [5.74, 6) is -0.246. The first-order valence-electron chi connectivity index (χ1n) is 8.56. The second-order valence-corrected chi connectivity index (χ2v) is 6.53. The molecule has 1 fully saturated rings. The van der Waals surface area contributed by atoms with Gasteiger partial charge < -0.3 is 20.1 Å². The third-order valence-corrected chi connectivity index (χ3v) is 4.56. The van der Waals surface area contributed by atoms with Crippen molar-refractivity contribution in [2.75, 3.05) is 24.9 Å². The molecule has 2 amide bonds. The number of rotatable bonds is 6. The van der Waals surface area contributed by atoms with Crippen molar-refractivity contribution in [3.63, 3.8) is 0 Å². The molecule has 0 radical (unpaired) electrons. The molecule has 2 aromatic rings. The predicted octanol–water partition coefficient (Wildman–Crippen LogP) is 3.69. The normalized spacial score (nSPS) is 17.8. The molecule has 2 aromatic carbocycles. The number of methoxy groups -OCH3 is 2. The van der Waals surface area contributed by atoms with E-state index >= 15 is 0 Å². The van der Waals surface area contributed by atoms with Gasteiger partial charge in [-0.2, -0.15) is 0 Å². The monoisotopic (exact) mass is 372 g/mol. The molecular formula is C20H21FN2O4. The lowest BCUT2D eigenvalue weighted by atomic mass is 10.1. The van der Waals surface area contributed by atoms with Gasteiger partial charge in [0.05, 0.1) is 19.9 Å². The zero-order valence-electron chi connectivity index (χ0n) is 15.3. The molecule has 27 heavy (non-hydrogen) atoms. The maximum absolute atomic E-state index is 14.2. The third kappa shape index (κ3) is 4.19. The van der Waals surface area contributed by atoms with E-state index in [1.54, 1.807) is 24.3 Å². The molecule has 2 atom stereocenters. The molecular weight excluding hydrogens is 351 g/mol. The van der Waals surface area contributed by atoms with E-state index in [9.17, 15) is 14.0 Å². The van der Waals surface area contributed by atoms with E-state index in [4.69, 9.17) is 9.47 Å². The molecule has 1 saturated carbocycles. The summed E-state index contributed by atoms with van der Waals surface area (Å²) >= 11 is 0. The Morgan fingerprint density at radius 1 is 1.07 bits per heavy atom. The number of anilines is 2. The lowest BCUT2D eigenvalue weighted by molar-refractivity contribution is -0.117. The highest BCUT2D eigenvalue weighted by atomic mass is 19.1. The number of ether oxygens (including phenoxy) is 2. The molecule has 6 nitrogen and oxygen atoms in total. The number of carbonyl (C=O) groups excluding carboxylic acids is 2. The van der Waals surface area contributed by atoms with Crippen LogP contribution in [0.5, 0.6) is 11.5 Å². The number of amides is 2. The van der Waals surface area contributed by atoms with E-state index in [2.05, 4.69) is 10.6 Å². The lowest BCUT2D eigenvalue weighted by Gasteiger charge is -2.12. The first-order valence-corrected chi connectivity index (χ1v) is 8.56. The summed E-state index contributed by atoms with van der Waals surface area (Å²) in [4.78, 5) is 24.5. The van der Waals surface area contributed by atoms with Gasteiger partial charge in [0, 0.05) is 29.3 Å². The van der Waals surface area contributed by atoms with Crippen LogP contribution in [0.15, 0.2) is 36.4 Å². The minimum absolute atomic E-state index is 0.0288. The minimum Gasteiger partial charge on any atom is -0.493 e. The largest absolute Gasteiger partial charge is 0.493 e. The SMILES string of the molecule is COc1cc(F)c(NC(=O)c2cccc(NC(=O)C3CC3C)c2)cc1OC. The van der Waals surface area contributed by atoms with Crippen LogP contribution in [0.25, 0.3) is 0 Å². The molecule has 0 bridgehead atoms. The minimum atomic E-state index is -0.645. The third-order valence-electron chi connectivity index (χ3n) is 4.56. The van der Waals surface area contributed by atoms with Gasteiger partial charge in [0.25, 0.3) is 5.91 Å². The summed E-state index contributed by atoms with van der Waals surface area (Å²) in [6.45, 7) is 2.02. The highest BCUT2D eigenvalue weighted by Gasteiger charge is 2.39. The summed E-state index contributed by atoms with van der Waals surface area (Å²) < 4.78 is 24.4. The van der Waals surface area contributed by atoms with Crippen molar-refractivity contribution < 1.29 is 23.5 Å². The maximum atomic E-state index is 14.2. The Morgan fingerprint density at radius 2 is 1.74 bits per heavy atom. The van der Waals surface area contributed by atoms with Crippen LogP contribution in [0.2, 0.25) is 0 Å². The number of hydrogen-bond donors (Lipinski definition) is 2. The topological polar surface area (TPSA) is 76.7 Å². The van der Waals surface area contributed by atoms with Crippen molar-refractivity contribution in [1.82, 2.24) is 0 Å². The second-order valence-electron chi connectivity index (χ2n) is 6.53. The van der Waals surface area contributed by atoms with Gasteiger partial charge in [-0.25, -0.2) is 4.39 Å². The zero-order chi connectivity index (χ0) is 19.6. The van der Waals surface area contributed by atoms with Gasteiger partial charge in [-0.1, -0.05) is 13.0 Å². The summed E-state index contributed by atoms with van der Waals surface area (Å²) in [5.41, 5.74) is 0.796. The second kappa shape index (κ2) is 7.65.